The van der Waals surface area contributed by atoms with Gasteiger partial charge in [0.1, 0.15) is 0 Å². The molecule has 96 valence electrons. The van der Waals surface area contributed by atoms with Crippen LogP contribution in [-0.4, -0.2) is 48.5 Å². The number of esters is 1. The van der Waals surface area contributed by atoms with E-state index in [-0.39, 0.29) is 37.7 Å². The van der Waals surface area contributed by atoms with Crippen LogP contribution in [0.1, 0.15) is 51.4 Å². The van der Waals surface area contributed by atoms with Gasteiger partial charge in [-0.2, -0.15) is 0 Å². The molecular weight excluding hydrogens is 323 g/mol. The van der Waals surface area contributed by atoms with E-state index >= 15 is 0 Å². The molecule has 1 N–H and O–H groups in total. The van der Waals surface area contributed by atoms with Crippen LogP contribution >= 0.6 is 0 Å². The molecule has 2 aliphatic rings. The van der Waals surface area contributed by atoms with E-state index in [2.05, 4.69) is 0 Å². The molecule has 2 rings (SSSR count). The Morgan fingerprint density at radius 3 is 2.06 bits per heavy atom. The van der Waals surface area contributed by atoms with Gasteiger partial charge in [-0.1, -0.05) is 12.8 Å². The van der Waals surface area contributed by atoms with Gasteiger partial charge in [-0.3, -0.25) is 4.79 Å². The Morgan fingerprint density at radius 2 is 1.59 bits per heavy atom. The van der Waals surface area contributed by atoms with Gasteiger partial charge >= 0.3 is 37.8 Å². The minimum absolute atomic E-state index is 0. The number of ether oxygens (including phenoxy) is 1. The van der Waals surface area contributed by atoms with Crippen molar-refractivity contribution in [2.75, 3.05) is 0 Å². The number of aliphatic carboxylic acids is 1. The fourth-order valence-corrected chi connectivity index (χ4v) is 2.74. The third-order valence-electron chi connectivity index (χ3n) is 3.79. The van der Waals surface area contributed by atoms with E-state index in [1.807, 2.05) is 0 Å². The third kappa shape index (κ3) is 3.18. The van der Waals surface area contributed by atoms with Crippen LogP contribution < -0.4 is 0 Å². The molecule has 0 aromatic heterocycles. The first kappa shape index (κ1) is 14.9. The van der Waals surface area contributed by atoms with E-state index in [1.165, 1.54) is 0 Å². The van der Waals surface area contributed by atoms with Crippen LogP contribution in [0.3, 0.4) is 0 Å². The molecule has 0 aliphatic heterocycles. The predicted octanol–water partition coefficient (Wildman–Crippen LogP) is 0.933. The number of carbonyl (C=O) groups is 2. The first-order valence-corrected chi connectivity index (χ1v) is 6.10. The summed E-state index contributed by atoms with van der Waals surface area (Å²) in [5.41, 5.74) is -1.21. The van der Waals surface area contributed by atoms with Crippen molar-refractivity contribution in [3.05, 3.63) is 0 Å². The summed E-state index contributed by atoms with van der Waals surface area (Å²) in [4.78, 5) is 23.0. The molecule has 17 heavy (non-hydrogen) atoms. The summed E-state index contributed by atoms with van der Waals surface area (Å²) in [5, 5.41) is 9.18. The number of carboxylic acid groups (broad SMARTS) is 1. The first-order chi connectivity index (χ1) is 7.64. The monoisotopic (exact) mass is 344 g/mol. The zero-order valence-corrected chi connectivity index (χ0v) is 9.41. The topological polar surface area (TPSA) is 63.6 Å². The van der Waals surface area contributed by atoms with Crippen LogP contribution in [0.4, 0.5) is 0 Å². The maximum atomic E-state index is 11.8. The maximum absolute atomic E-state index is 11.8. The standard InChI is InChI=1S/C12H18O4.In.3H/c13-10(9-5-1-2-6-9)16-12(11(14)15)7-3-4-8-12;;;;/h9H,1-8H2,(H,14,15);;;;. The molecule has 2 fully saturated rings. The zero-order valence-electron chi connectivity index (χ0n) is 9.41. The van der Waals surface area contributed by atoms with E-state index < -0.39 is 11.6 Å². The van der Waals surface area contributed by atoms with Crippen molar-refractivity contribution in [3.63, 3.8) is 0 Å². The van der Waals surface area contributed by atoms with Crippen LogP contribution in [0.15, 0.2) is 0 Å². The van der Waals surface area contributed by atoms with Gasteiger partial charge in [0.05, 0.1) is 5.92 Å². The third-order valence-corrected chi connectivity index (χ3v) is 3.79. The number of carbonyl (C=O) groups excluding carboxylic acids is 1. The van der Waals surface area contributed by atoms with Crippen molar-refractivity contribution in [3.8, 4) is 0 Å². The molecule has 0 radical (unpaired) electrons. The number of hydrogen-bond acceptors (Lipinski definition) is 3. The van der Waals surface area contributed by atoms with E-state index in [4.69, 9.17) is 4.74 Å². The average molecular weight is 344 g/mol. The van der Waals surface area contributed by atoms with Crippen LogP contribution in [0, 0.1) is 5.92 Å². The van der Waals surface area contributed by atoms with Crippen LogP contribution in [-0.2, 0) is 14.3 Å². The molecule has 0 heterocycles. The number of carboxylic acids is 1. The fraction of sp³-hybridized carbons (Fsp3) is 0.833. The Hall–Kier alpha value is -0.190. The molecule has 0 saturated heterocycles. The van der Waals surface area contributed by atoms with Gasteiger partial charge in [0, 0.05) is 0 Å². The fourth-order valence-electron chi connectivity index (χ4n) is 2.74. The van der Waals surface area contributed by atoms with Crippen molar-refractivity contribution in [1.82, 2.24) is 0 Å². The Labute approximate surface area is 120 Å². The summed E-state index contributed by atoms with van der Waals surface area (Å²) < 4.78 is 5.31. The SMILES string of the molecule is O=C(OC1(C(=O)O)CCCC1)C1CCCC1.[InH3]. The Kier molecular flexibility index (Phi) is 5.35. The van der Waals surface area contributed by atoms with E-state index in [0.717, 1.165) is 38.5 Å². The van der Waals surface area contributed by atoms with Crippen molar-refractivity contribution < 1.29 is 19.4 Å². The summed E-state index contributed by atoms with van der Waals surface area (Å²) >= 11 is 0. The van der Waals surface area contributed by atoms with Crippen molar-refractivity contribution in [2.24, 2.45) is 5.92 Å². The second-order valence-corrected chi connectivity index (χ2v) is 4.91. The van der Waals surface area contributed by atoms with Crippen molar-refractivity contribution in [2.45, 2.75) is 57.0 Å². The molecule has 2 saturated carbocycles. The van der Waals surface area contributed by atoms with Gasteiger partial charge in [0.15, 0.2) is 0 Å². The summed E-state index contributed by atoms with van der Waals surface area (Å²) in [6.07, 6.45) is 6.44. The van der Waals surface area contributed by atoms with Crippen molar-refractivity contribution in [1.29, 1.82) is 0 Å². The van der Waals surface area contributed by atoms with E-state index in [9.17, 15) is 14.7 Å². The summed E-state index contributed by atoms with van der Waals surface area (Å²) in [5.74, 6) is -1.32. The van der Waals surface area contributed by atoms with Gasteiger partial charge in [-0.05, 0) is 38.5 Å². The van der Waals surface area contributed by atoms with E-state index in [1.54, 1.807) is 0 Å². The Balaban J connectivity index is 0.00000144. The quantitative estimate of drug-likeness (QED) is 0.774. The molecule has 0 spiro atoms. The molecule has 4 nitrogen and oxygen atoms in total. The summed E-state index contributed by atoms with van der Waals surface area (Å²) in [7, 11) is 0. The van der Waals surface area contributed by atoms with Gasteiger partial charge < -0.3 is 9.84 Å². The molecule has 0 atom stereocenters. The van der Waals surface area contributed by atoms with Gasteiger partial charge in [0.25, 0.3) is 0 Å². The van der Waals surface area contributed by atoms with Crippen molar-refractivity contribution >= 4 is 37.8 Å². The van der Waals surface area contributed by atoms with Gasteiger partial charge in [-0.25, -0.2) is 4.79 Å². The average Bonchev–Trinajstić information content (AvgIpc) is 2.88. The predicted molar refractivity (Wildman–Crippen MR) is 66.8 cm³/mol. The van der Waals surface area contributed by atoms with E-state index in [0.29, 0.717) is 12.8 Å². The molecule has 0 unspecified atom stereocenters. The Morgan fingerprint density at radius 1 is 1.06 bits per heavy atom. The molecule has 0 aromatic carbocycles. The first-order valence-electron chi connectivity index (χ1n) is 6.10. The number of rotatable bonds is 3. The number of hydrogen-bond donors (Lipinski definition) is 1. The molecule has 0 amide bonds. The summed E-state index contributed by atoms with van der Waals surface area (Å²) in [6.45, 7) is 0. The normalized spacial score (nSPS) is 23.1. The molecule has 0 bridgehead atoms. The molecule has 2 aliphatic carbocycles. The van der Waals surface area contributed by atoms with Crippen LogP contribution in [0.5, 0.6) is 0 Å². The molecule has 5 heteroatoms. The van der Waals surface area contributed by atoms with Gasteiger partial charge in [0.2, 0.25) is 5.60 Å². The summed E-state index contributed by atoms with van der Waals surface area (Å²) in [6, 6.07) is 0. The van der Waals surface area contributed by atoms with Gasteiger partial charge in [-0.15, -0.1) is 0 Å². The molecule has 0 aromatic rings. The minimum atomic E-state index is -1.21. The van der Waals surface area contributed by atoms with Crippen LogP contribution in [0.25, 0.3) is 0 Å². The second-order valence-electron chi connectivity index (χ2n) is 4.91. The zero-order chi connectivity index (χ0) is 11.6. The molecular formula is C12H21InO4. The Bertz CT molecular complexity index is 291. The van der Waals surface area contributed by atoms with Crippen LogP contribution in [0.2, 0.25) is 0 Å². The second kappa shape index (κ2) is 6.12.